The van der Waals surface area contributed by atoms with Crippen molar-refractivity contribution in [3.63, 3.8) is 0 Å². The predicted molar refractivity (Wildman–Crippen MR) is 53.0 cm³/mol. The van der Waals surface area contributed by atoms with Crippen LogP contribution in [-0.4, -0.2) is 53.4 Å². The number of hydrogen-bond donors (Lipinski definition) is 1. The zero-order valence-electron chi connectivity index (χ0n) is 8.67. The molecule has 1 aromatic heterocycles. The Labute approximate surface area is 87.5 Å². The van der Waals surface area contributed by atoms with E-state index in [-0.39, 0.29) is 5.69 Å². The Balaban J connectivity index is 2.46. The molecule has 0 amide bonds. The van der Waals surface area contributed by atoms with E-state index in [1.165, 1.54) is 12.1 Å². The minimum absolute atomic E-state index is 0.0880. The highest BCUT2D eigenvalue weighted by Gasteiger charge is 2.05. The zero-order valence-corrected chi connectivity index (χ0v) is 8.67. The second-order valence-electron chi connectivity index (χ2n) is 3.21. The van der Waals surface area contributed by atoms with Crippen LogP contribution in [0.15, 0.2) is 12.1 Å². The molecule has 0 fully saturated rings. The molecule has 0 saturated carbocycles. The van der Waals surface area contributed by atoms with Crippen molar-refractivity contribution in [2.75, 3.05) is 27.2 Å². The molecule has 0 aliphatic rings. The third kappa shape index (κ3) is 3.90. The summed E-state index contributed by atoms with van der Waals surface area (Å²) in [5.41, 5.74) is -0.0880. The normalized spacial score (nSPS) is 10.3. The molecule has 1 heterocycles. The summed E-state index contributed by atoms with van der Waals surface area (Å²) < 4.78 is 5.24. The molecule has 0 aliphatic heterocycles. The lowest BCUT2D eigenvalue weighted by Crippen LogP contribution is -2.19. The lowest BCUT2D eigenvalue weighted by atomic mass is 10.4. The van der Waals surface area contributed by atoms with Crippen molar-refractivity contribution >= 4 is 5.97 Å². The minimum atomic E-state index is -1.10. The molecule has 0 spiro atoms. The van der Waals surface area contributed by atoms with Gasteiger partial charge in [-0.05, 0) is 20.2 Å². The summed E-state index contributed by atoms with van der Waals surface area (Å²) in [6.07, 6.45) is 0. The molecule has 0 bridgehead atoms. The Morgan fingerprint density at radius 3 is 2.67 bits per heavy atom. The Morgan fingerprint density at radius 1 is 1.47 bits per heavy atom. The maximum Gasteiger partial charge on any atom is 0.356 e. The fourth-order valence-electron chi connectivity index (χ4n) is 0.844. The first-order valence-corrected chi connectivity index (χ1v) is 4.44. The number of hydrogen-bond acceptors (Lipinski definition) is 5. The molecule has 1 N–H and O–H groups in total. The minimum Gasteiger partial charge on any atom is -0.476 e. The van der Waals surface area contributed by atoms with Crippen LogP contribution in [0, 0.1) is 0 Å². The smallest absolute Gasteiger partial charge is 0.356 e. The van der Waals surface area contributed by atoms with Crippen molar-refractivity contribution < 1.29 is 14.6 Å². The number of carboxylic acids is 1. The maximum atomic E-state index is 10.5. The van der Waals surface area contributed by atoms with E-state index < -0.39 is 5.97 Å². The summed E-state index contributed by atoms with van der Waals surface area (Å²) in [6, 6.07) is 2.85. The van der Waals surface area contributed by atoms with Gasteiger partial charge in [-0.2, -0.15) is 0 Å². The highest BCUT2D eigenvalue weighted by Crippen LogP contribution is 2.04. The van der Waals surface area contributed by atoms with Crippen LogP contribution in [-0.2, 0) is 0 Å². The van der Waals surface area contributed by atoms with Crippen molar-refractivity contribution in [2.45, 2.75) is 0 Å². The Bertz CT molecular complexity index is 324. The molecule has 15 heavy (non-hydrogen) atoms. The molecule has 82 valence electrons. The van der Waals surface area contributed by atoms with E-state index in [9.17, 15) is 4.79 Å². The van der Waals surface area contributed by atoms with Crippen LogP contribution in [0.1, 0.15) is 10.5 Å². The summed E-state index contributed by atoms with van der Waals surface area (Å²) in [7, 11) is 3.87. The van der Waals surface area contributed by atoms with Gasteiger partial charge in [-0.3, -0.25) is 0 Å². The van der Waals surface area contributed by atoms with Crippen LogP contribution in [0.5, 0.6) is 5.88 Å². The lowest BCUT2D eigenvalue weighted by Gasteiger charge is -2.09. The van der Waals surface area contributed by atoms with Crippen LogP contribution in [0.25, 0.3) is 0 Å². The molecular formula is C9H13N3O3. The SMILES string of the molecule is CN(C)CCOc1ccc(C(=O)O)nn1. The van der Waals surface area contributed by atoms with E-state index >= 15 is 0 Å². The van der Waals surface area contributed by atoms with Gasteiger partial charge in [-0.15, -0.1) is 10.2 Å². The van der Waals surface area contributed by atoms with E-state index in [2.05, 4.69) is 10.2 Å². The van der Waals surface area contributed by atoms with Gasteiger partial charge in [0.1, 0.15) is 6.61 Å². The van der Waals surface area contributed by atoms with Gasteiger partial charge in [0.2, 0.25) is 5.88 Å². The maximum absolute atomic E-state index is 10.5. The molecule has 6 heteroatoms. The Kier molecular flexibility index (Phi) is 3.99. The van der Waals surface area contributed by atoms with Gasteiger partial charge < -0.3 is 14.7 Å². The first-order chi connectivity index (χ1) is 7.09. The second kappa shape index (κ2) is 5.26. The van der Waals surface area contributed by atoms with Crippen LogP contribution in [0.2, 0.25) is 0 Å². The van der Waals surface area contributed by atoms with Crippen molar-refractivity contribution in [2.24, 2.45) is 0 Å². The molecule has 0 radical (unpaired) electrons. The monoisotopic (exact) mass is 211 g/mol. The van der Waals surface area contributed by atoms with Crippen LogP contribution >= 0.6 is 0 Å². The summed E-state index contributed by atoms with van der Waals surface area (Å²) in [4.78, 5) is 12.4. The van der Waals surface area contributed by atoms with E-state index in [0.29, 0.717) is 12.5 Å². The highest BCUT2D eigenvalue weighted by molar-refractivity contribution is 5.84. The van der Waals surface area contributed by atoms with E-state index in [1.807, 2.05) is 19.0 Å². The van der Waals surface area contributed by atoms with E-state index in [1.54, 1.807) is 0 Å². The number of likely N-dealkylation sites (N-methyl/N-ethyl adjacent to an activating group) is 1. The van der Waals surface area contributed by atoms with E-state index in [4.69, 9.17) is 9.84 Å². The number of ether oxygens (including phenoxy) is 1. The van der Waals surface area contributed by atoms with Gasteiger partial charge in [-0.25, -0.2) is 4.79 Å². The molecular weight excluding hydrogens is 198 g/mol. The highest BCUT2D eigenvalue weighted by atomic mass is 16.5. The summed E-state index contributed by atoms with van der Waals surface area (Å²) in [5.74, 6) is -0.760. The van der Waals surface area contributed by atoms with Gasteiger partial charge in [0.25, 0.3) is 0 Å². The fourth-order valence-corrected chi connectivity index (χ4v) is 0.844. The van der Waals surface area contributed by atoms with Crippen molar-refractivity contribution in [3.05, 3.63) is 17.8 Å². The van der Waals surface area contributed by atoms with Gasteiger partial charge in [0, 0.05) is 12.6 Å². The van der Waals surface area contributed by atoms with Crippen LogP contribution < -0.4 is 4.74 Å². The summed E-state index contributed by atoms with van der Waals surface area (Å²) in [5, 5.41) is 15.7. The second-order valence-corrected chi connectivity index (χ2v) is 3.21. The molecule has 6 nitrogen and oxygen atoms in total. The Morgan fingerprint density at radius 2 is 2.20 bits per heavy atom. The van der Waals surface area contributed by atoms with Gasteiger partial charge in [0.05, 0.1) is 0 Å². The average molecular weight is 211 g/mol. The van der Waals surface area contributed by atoms with Crippen molar-refractivity contribution in [1.29, 1.82) is 0 Å². The quantitative estimate of drug-likeness (QED) is 0.745. The van der Waals surface area contributed by atoms with Crippen molar-refractivity contribution in [3.8, 4) is 5.88 Å². The standard InChI is InChI=1S/C9H13N3O3/c1-12(2)5-6-15-8-4-3-7(9(13)14)10-11-8/h3-4H,5-6H2,1-2H3,(H,13,14). The molecule has 0 unspecified atom stereocenters. The number of carbonyl (C=O) groups is 1. The van der Waals surface area contributed by atoms with Crippen molar-refractivity contribution in [1.82, 2.24) is 15.1 Å². The third-order valence-electron chi connectivity index (χ3n) is 1.65. The molecule has 0 aromatic carbocycles. The summed E-state index contributed by atoms with van der Waals surface area (Å²) >= 11 is 0. The van der Waals surface area contributed by atoms with Crippen LogP contribution in [0.4, 0.5) is 0 Å². The zero-order chi connectivity index (χ0) is 11.3. The van der Waals surface area contributed by atoms with Gasteiger partial charge >= 0.3 is 5.97 Å². The number of nitrogens with zero attached hydrogens (tertiary/aromatic N) is 3. The Hall–Kier alpha value is -1.69. The third-order valence-corrected chi connectivity index (χ3v) is 1.65. The predicted octanol–water partition coefficient (Wildman–Crippen LogP) is 0.115. The summed E-state index contributed by atoms with van der Waals surface area (Å²) in [6.45, 7) is 1.26. The number of aromatic nitrogens is 2. The number of aromatic carboxylic acids is 1. The first-order valence-electron chi connectivity index (χ1n) is 4.44. The largest absolute Gasteiger partial charge is 0.476 e. The molecule has 0 atom stereocenters. The molecule has 1 rings (SSSR count). The molecule has 0 saturated heterocycles. The fraction of sp³-hybridized carbons (Fsp3) is 0.444. The van der Waals surface area contributed by atoms with Gasteiger partial charge in [0.15, 0.2) is 5.69 Å². The molecule has 1 aromatic rings. The number of rotatable bonds is 5. The first kappa shape index (κ1) is 11.4. The average Bonchev–Trinajstić information content (AvgIpc) is 2.18. The topological polar surface area (TPSA) is 75.5 Å². The number of carboxylic acid groups (broad SMARTS) is 1. The van der Waals surface area contributed by atoms with Crippen LogP contribution in [0.3, 0.4) is 0 Å². The van der Waals surface area contributed by atoms with Gasteiger partial charge in [-0.1, -0.05) is 0 Å². The van der Waals surface area contributed by atoms with E-state index in [0.717, 1.165) is 6.54 Å². The lowest BCUT2D eigenvalue weighted by molar-refractivity contribution is 0.0689. The molecule has 0 aliphatic carbocycles.